The van der Waals surface area contributed by atoms with Crippen LogP contribution >= 0.6 is 0 Å². The molecule has 98 valence electrons. The van der Waals surface area contributed by atoms with Crippen LogP contribution in [0.4, 0.5) is 0 Å². The third kappa shape index (κ3) is 10.5. The Morgan fingerprint density at radius 3 is 1.25 bits per heavy atom. The van der Waals surface area contributed by atoms with Crippen LogP contribution in [-0.4, -0.2) is 0 Å². The van der Waals surface area contributed by atoms with Gasteiger partial charge in [-0.05, 0) is 11.8 Å². The van der Waals surface area contributed by atoms with Crippen molar-refractivity contribution in [1.29, 1.82) is 0 Å². The second-order valence-corrected chi connectivity index (χ2v) is 5.78. The summed E-state index contributed by atoms with van der Waals surface area (Å²) in [5.41, 5.74) is 0. The molecule has 2 atom stereocenters. The number of rotatable bonds is 11. The zero-order valence-corrected chi connectivity index (χ0v) is 12.2. The number of hydrogen-bond donors (Lipinski definition) is 0. The van der Waals surface area contributed by atoms with Gasteiger partial charge >= 0.3 is 0 Å². The van der Waals surface area contributed by atoms with Gasteiger partial charge in [0.2, 0.25) is 0 Å². The predicted octanol–water partition coefficient (Wildman–Crippen LogP) is 6.20. The minimum Gasteiger partial charge on any atom is -0.0654 e. The Hall–Kier alpha value is 0. The quantitative estimate of drug-likeness (QED) is 0.368. The van der Waals surface area contributed by atoms with Crippen molar-refractivity contribution in [3.63, 3.8) is 0 Å². The summed E-state index contributed by atoms with van der Waals surface area (Å²) in [5, 5.41) is 0. The van der Waals surface area contributed by atoms with Crippen LogP contribution < -0.4 is 0 Å². The normalized spacial score (nSPS) is 15.0. The molecule has 0 aromatic carbocycles. The van der Waals surface area contributed by atoms with Crippen LogP contribution in [0, 0.1) is 11.8 Å². The fourth-order valence-electron chi connectivity index (χ4n) is 2.34. The molecule has 0 aromatic heterocycles. The smallest absolute Gasteiger partial charge is 0.0443 e. The van der Waals surface area contributed by atoms with Crippen molar-refractivity contribution in [3.05, 3.63) is 0 Å². The topological polar surface area (TPSA) is 0 Å². The standard InChI is InChI=1S/C16H34/c1-5-7-9-11-15(3)13-14-16(4)12-10-8-6-2/h15-16H,5-14H2,1-4H3. The monoisotopic (exact) mass is 226 g/mol. The highest BCUT2D eigenvalue weighted by molar-refractivity contribution is 4.59. The van der Waals surface area contributed by atoms with Gasteiger partial charge in [0.1, 0.15) is 0 Å². The molecular weight excluding hydrogens is 192 g/mol. The molecule has 0 aliphatic carbocycles. The number of hydrogen-bond acceptors (Lipinski definition) is 0. The van der Waals surface area contributed by atoms with Crippen molar-refractivity contribution in [3.8, 4) is 0 Å². The van der Waals surface area contributed by atoms with Crippen LogP contribution in [0.2, 0.25) is 0 Å². The van der Waals surface area contributed by atoms with E-state index >= 15 is 0 Å². The molecule has 0 bridgehead atoms. The van der Waals surface area contributed by atoms with E-state index in [1.165, 1.54) is 64.2 Å². The molecule has 0 radical (unpaired) electrons. The SMILES string of the molecule is CCCCCC(C)CCC(C)CCCCC. The highest BCUT2D eigenvalue weighted by atomic mass is 14.1. The van der Waals surface area contributed by atoms with Gasteiger partial charge in [0, 0.05) is 0 Å². The summed E-state index contributed by atoms with van der Waals surface area (Å²) in [6.07, 6.45) is 14.3. The van der Waals surface area contributed by atoms with E-state index in [-0.39, 0.29) is 0 Å². The Bertz CT molecular complexity index is 112. The maximum Gasteiger partial charge on any atom is -0.0443 e. The summed E-state index contributed by atoms with van der Waals surface area (Å²) in [6.45, 7) is 9.46. The van der Waals surface area contributed by atoms with Crippen LogP contribution in [0.15, 0.2) is 0 Å². The molecule has 0 N–H and O–H groups in total. The molecule has 0 aliphatic heterocycles. The lowest BCUT2D eigenvalue weighted by Crippen LogP contribution is -2.01. The third-order valence-electron chi connectivity index (χ3n) is 3.75. The first-order chi connectivity index (χ1) is 7.70. The number of unbranched alkanes of at least 4 members (excludes halogenated alkanes) is 4. The molecule has 0 spiro atoms. The lowest BCUT2D eigenvalue weighted by atomic mass is 9.91. The van der Waals surface area contributed by atoms with Crippen LogP contribution in [0.1, 0.15) is 91.9 Å². The van der Waals surface area contributed by atoms with Gasteiger partial charge < -0.3 is 0 Å². The van der Waals surface area contributed by atoms with Crippen LogP contribution in [0.5, 0.6) is 0 Å². The first-order valence-electron chi connectivity index (χ1n) is 7.70. The summed E-state index contributed by atoms with van der Waals surface area (Å²) in [6, 6.07) is 0. The Balaban J connectivity index is 3.32. The van der Waals surface area contributed by atoms with Crippen molar-refractivity contribution in [1.82, 2.24) is 0 Å². The van der Waals surface area contributed by atoms with Crippen LogP contribution in [0.25, 0.3) is 0 Å². The van der Waals surface area contributed by atoms with E-state index in [9.17, 15) is 0 Å². The highest BCUT2D eigenvalue weighted by Gasteiger charge is 2.06. The second kappa shape index (κ2) is 11.5. The minimum absolute atomic E-state index is 0.958. The lowest BCUT2D eigenvalue weighted by molar-refractivity contribution is 0.380. The third-order valence-corrected chi connectivity index (χ3v) is 3.75. The molecule has 0 rings (SSSR count). The summed E-state index contributed by atoms with van der Waals surface area (Å²) in [7, 11) is 0. The van der Waals surface area contributed by atoms with Crippen LogP contribution in [0.3, 0.4) is 0 Å². The van der Waals surface area contributed by atoms with Gasteiger partial charge in [-0.3, -0.25) is 0 Å². The molecular formula is C16H34. The predicted molar refractivity (Wildman–Crippen MR) is 75.8 cm³/mol. The van der Waals surface area contributed by atoms with Gasteiger partial charge in [0.05, 0.1) is 0 Å². The van der Waals surface area contributed by atoms with Crippen LogP contribution in [-0.2, 0) is 0 Å². The average molecular weight is 226 g/mol. The Morgan fingerprint density at radius 1 is 0.562 bits per heavy atom. The zero-order valence-electron chi connectivity index (χ0n) is 12.2. The van der Waals surface area contributed by atoms with Gasteiger partial charge in [-0.15, -0.1) is 0 Å². The van der Waals surface area contributed by atoms with Crippen molar-refractivity contribution in [2.24, 2.45) is 11.8 Å². The lowest BCUT2D eigenvalue weighted by Gasteiger charge is -2.15. The molecule has 0 heterocycles. The molecule has 0 aliphatic rings. The molecule has 0 aromatic rings. The molecule has 0 saturated carbocycles. The van der Waals surface area contributed by atoms with Gasteiger partial charge in [0.15, 0.2) is 0 Å². The Labute approximate surface area is 104 Å². The van der Waals surface area contributed by atoms with Crippen molar-refractivity contribution in [2.75, 3.05) is 0 Å². The van der Waals surface area contributed by atoms with E-state index in [1.54, 1.807) is 0 Å². The molecule has 16 heavy (non-hydrogen) atoms. The molecule has 0 heteroatoms. The van der Waals surface area contributed by atoms with Gasteiger partial charge in [-0.1, -0.05) is 91.9 Å². The van der Waals surface area contributed by atoms with E-state index in [4.69, 9.17) is 0 Å². The van der Waals surface area contributed by atoms with Crippen molar-refractivity contribution >= 4 is 0 Å². The highest BCUT2D eigenvalue weighted by Crippen LogP contribution is 2.21. The second-order valence-electron chi connectivity index (χ2n) is 5.78. The summed E-state index contributed by atoms with van der Waals surface area (Å²) in [4.78, 5) is 0. The van der Waals surface area contributed by atoms with E-state index in [0.717, 1.165) is 11.8 Å². The molecule has 0 saturated heterocycles. The molecule has 0 fully saturated rings. The first-order valence-corrected chi connectivity index (χ1v) is 7.70. The fourth-order valence-corrected chi connectivity index (χ4v) is 2.34. The molecule has 0 nitrogen and oxygen atoms in total. The van der Waals surface area contributed by atoms with Gasteiger partial charge in [-0.2, -0.15) is 0 Å². The van der Waals surface area contributed by atoms with Crippen molar-refractivity contribution in [2.45, 2.75) is 91.9 Å². The van der Waals surface area contributed by atoms with E-state index in [2.05, 4.69) is 27.7 Å². The van der Waals surface area contributed by atoms with E-state index < -0.39 is 0 Å². The summed E-state index contributed by atoms with van der Waals surface area (Å²) < 4.78 is 0. The Morgan fingerprint density at radius 2 is 0.938 bits per heavy atom. The zero-order chi connectivity index (χ0) is 12.2. The first kappa shape index (κ1) is 16.0. The average Bonchev–Trinajstić information content (AvgIpc) is 2.27. The summed E-state index contributed by atoms with van der Waals surface area (Å²) in [5.74, 6) is 1.92. The fraction of sp³-hybridized carbons (Fsp3) is 1.00. The van der Waals surface area contributed by atoms with E-state index in [1.807, 2.05) is 0 Å². The van der Waals surface area contributed by atoms with E-state index in [0.29, 0.717) is 0 Å². The van der Waals surface area contributed by atoms with Crippen molar-refractivity contribution < 1.29 is 0 Å². The molecule has 2 unspecified atom stereocenters. The maximum atomic E-state index is 2.44. The Kier molecular flexibility index (Phi) is 11.5. The summed E-state index contributed by atoms with van der Waals surface area (Å²) >= 11 is 0. The maximum absolute atomic E-state index is 2.44. The molecule has 0 amide bonds. The largest absolute Gasteiger partial charge is 0.0654 e. The van der Waals surface area contributed by atoms with Gasteiger partial charge in [-0.25, -0.2) is 0 Å². The van der Waals surface area contributed by atoms with Gasteiger partial charge in [0.25, 0.3) is 0 Å². The minimum atomic E-state index is 0.958.